The first-order valence-corrected chi connectivity index (χ1v) is 6.14. The molecule has 0 saturated carbocycles. The van der Waals surface area contributed by atoms with Gasteiger partial charge in [0.15, 0.2) is 0 Å². The summed E-state index contributed by atoms with van der Waals surface area (Å²) in [5.74, 6) is 1.72. The molecule has 2 nitrogen and oxygen atoms in total. The summed E-state index contributed by atoms with van der Waals surface area (Å²) in [6, 6.07) is 8.23. The van der Waals surface area contributed by atoms with Crippen LogP contribution in [0.25, 0.3) is 0 Å². The van der Waals surface area contributed by atoms with Crippen molar-refractivity contribution in [3.63, 3.8) is 0 Å². The van der Waals surface area contributed by atoms with Gasteiger partial charge in [-0.15, -0.1) is 0 Å². The van der Waals surface area contributed by atoms with Gasteiger partial charge in [-0.05, 0) is 49.4 Å². The number of nitrogens with two attached hydrogens (primary N) is 1. The number of hydrogen-bond donors (Lipinski definition) is 1. The summed E-state index contributed by atoms with van der Waals surface area (Å²) in [6.07, 6.45) is 3.29. The fourth-order valence-corrected chi connectivity index (χ4v) is 1.60. The van der Waals surface area contributed by atoms with Gasteiger partial charge in [0, 0.05) is 0 Å². The van der Waals surface area contributed by atoms with Crippen LogP contribution >= 0.6 is 0 Å². The van der Waals surface area contributed by atoms with Crippen LogP contribution in [-0.4, -0.2) is 13.2 Å². The number of ether oxygens (including phenoxy) is 1. The molecule has 0 unspecified atom stereocenters. The van der Waals surface area contributed by atoms with Gasteiger partial charge in [-0.2, -0.15) is 0 Å². The molecule has 0 aliphatic carbocycles. The lowest BCUT2D eigenvalue weighted by molar-refractivity contribution is 0.297. The minimum atomic E-state index is 0.703. The van der Waals surface area contributed by atoms with E-state index in [4.69, 9.17) is 10.5 Å². The van der Waals surface area contributed by atoms with Crippen molar-refractivity contribution in [1.29, 1.82) is 0 Å². The molecule has 90 valence electrons. The van der Waals surface area contributed by atoms with E-state index in [9.17, 15) is 0 Å². The molecule has 1 rings (SSSR count). The normalized spacial score (nSPS) is 10.8. The predicted molar refractivity (Wildman–Crippen MR) is 68.8 cm³/mol. The highest BCUT2D eigenvalue weighted by atomic mass is 16.5. The Labute approximate surface area is 98.8 Å². The van der Waals surface area contributed by atoms with E-state index in [2.05, 4.69) is 26.0 Å². The zero-order valence-corrected chi connectivity index (χ0v) is 10.4. The van der Waals surface area contributed by atoms with Crippen molar-refractivity contribution in [2.45, 2.75) is 33.1 Å². The van der Waals surface area contributed by atoms with Crippen LogP contribution < -0.4 is 10.5 Å². The van der Waals surface area contributed by atoms with E-state index in [1.54, 1.807) is 0 Å². The Morgan fingerprint density at radius 1 is 1.19 bits per heavy atom. The molecule has 2 N–H and O–H groups in total. The van der Waals surface area contributed by atoms with Crippen LogP contribution in [-0.2, 0) is 6.42 Å². The van der Waals surface area contributed by atoms with Crippen molar-refractivity contribution in [1.82, 2.24) is 0 Å². The van der Waals surface area contributed by atoms with Crippen LogP contribution in [0.2, 0.25) is 0 Å². The van der Waals surface area contributed by atoms with E-state index in [-0.39, 0.29) is 0 Å². The quantitative estimate of drug-likeness (QED) is 0.718. The lowest BCUT2D eigenvalue weighted by Gasteiger charge is -2.08. The topological polar surface area (TPSA) is 35.2 Å². The first kappa shape index (κ1) is 13.0. The van der Waals surface area contributed by atoms with Crippen LogP contribution in [0.15, 0.2) is 24.3 Å². The largest absolute Gasteiger partial charge is 0.494 e. The van der Waals surface area contributed by atoms with Crippen LogP contribution in [0.5, 0.6) is 5.75 Å². The fraction of sp³-hybridized carbons (Fsp3) is 0.571. The molecule has 1 aromatic rings. The molecule has 1 aromatic carbocycles. The molecule has 0 radical (unpaired) electrons. The van der Waals surface area contributed by atoms with Gasteiger partial charge in [0.1, 0.15) is 5.75 Å². The monoisotopic (exact) mass is 221 g/mol. The van der Waals surface area contributed by atoms with Gasteiger partial charge >= 0.3 is 0 Å². The van der Waals surface area contributed by atoms with Crippen LogP contribution in [0, 0.1) is 5.92 Å². The van der Waals surface area contributed by atoms with Gasteiger partial charge in [0.2, 0.25) is 0 Å². The van der Waals surface area contributed by atoms with E-state index in [1.807, 2.05) is 12.1 Å². The average Bonchev–Trinajstić information content (AvgIpc) is 2.27. The van der Waals surface area contributed by atoms with Crippen LogP contribution in [0.3, 0.4) is 0 Å². The minimum absolute atomic E-state index is 0.703. The molecule has 0 aliphatic heterocycles. The van der Waals surface area contributed by atoms with Crippen LogP contribution in [0.4, 0.5) is 0 Å². The summed E-state index contributed by atoms with van der Waals surface area (Å²) in [4.78, 5) is 0. The van der Waals surface area contributed by atoms with E-state index in [0.717, 1.165) is 31.1 Å². The second-order valence-corrected chi connectivity index (χ2v) is 4.57. The Balaban J connectivity index is 2.26. The summed E-state index contributed by atoms with van der Waals surface area (Å²) in [7, 11) is 0. The van der Waals surface area contributed by atoms with E-state index in [0.29, 0.717) is 6.54 Å². The lowest BCUT2D eigenvalue weighted by atomic mass is 10.1. The molecular weight excluding hydrogens is 198 g/mol. The molecule has 0 fully saturated rings. The van der Waals surface area contributed by atoms with Gasteiger partial charge in [0.05, 0.1) is 6.61 Å². The molecule has 0 aliphatic rings. The third kappa shape index (κ3) is 5.17. The van der Waals surface area contributed by atoms with Crippen molar-refractivity contribution in [2.24, 2.45) is 11.7 Å². The third-order valence-electron chi connectivity index (χ3n) is 2.55. The Kier molecular flexibility index (Phi) is 5.94. The smallest absolute Gasteiger partial charge is 0.119 e. The van der Waals surface area contributed by atoms with Crippen molar-refractivity contribution in [3.8, 4) is 5.75 Å². The molecule has 0 aromatic heterocycles. The molecule has 2 heteroatoms. The predicted octanol–water partition coefficient (Wildman–Crippen LogP) is 3.00. The Hall–Kier alpha value is -1.02. The Bertz CT molecular complexity index is 279. The number of rotatable bonds is 7. The highest BCUT2D eigenvalue weighted by Crippen LogP contribution is 2.13. The standard InChI is InChI=1S/C14H23NO/c1-12(2)4-3-11-16-14-7-5-13(6-8-14)9-10-15/h5-8,12H,3-4,9-11,15H2,1-2H3. The summed E-state index contributed by atoms with van der Waals surface area (Å²) in [5.41, 5.74) is 6.77. The maximum absolute atomic E-state index is 5.66. The van der Waals surface area contributed by atoms with Gasteiger partial charge in [-0.3, -0.25) is 0 Å². The zero-order valence-electron chi connectivity index (χ0n) is 10.4. The van der Waals surface area contributed by atoms with Crippen LogP contribution in [0.1, 0.15) is 32.3 Å². The molecule has 0 atom stereocenters. The average molecular weight is 221 g/mol. The maximum Gasteiger partial charge on any atom is 0.119 e. The summed E-state index contributed by atoms with van der Waals surface area (Å²) >= 11 is 0. The van der Waals surface area contributed by atoms with Crippen molar-refractivity contribution < 1.29 is 4.74 Å². The highest BCUT2D eigenvalue weighted by molar-refractivity contribution is 5.27. The third-order valence-corrected chi connectivity index (χ3v) is 2.55. The first-order chi connectivity index (χ1) is 7.72. The summed E-state index contributed by atoms with van der Waals surface area (Å²) < 4.78 is 5.66. The lowest BCUT2D eigenvalue weighted by Crippen LogP contribution is -2.03. The highest BCUT2D eigenvalue weighted by Gasteiger charge is 1.97. The molecule has 0 saturated heterocycles. The van der Waals surface area contributed by atoms with Crippen molar-refractivity contribution in [2.75, 3.05) is 13.2 Å². The van der Waals surface area contributed by atoms with Gasteiger partial charge < -0.3 is 10.5 Å². The van der Waals surface area contributed by atoms with Crippen molar-refractivity contribution >= 4 is 0 Å². The van der Waals surface area contributed by atoms with E-state index < -0.39 is 0 Å². The molecule has 0 bridgehead atoms. The number of hydrogen-bond acceptors (Lipinski definition) is 2. The van der Waals surface area contributed by atoms with Crippen molar-refractivity contribution in [3.05, 3.63) is 29.8 Å². The second-order valence-electron chi connectivity index (χ2n) is 4.57. The Morgan fingerprint density at radius 3 is 2.44 bits per heavy atom. The minimum Gasteiger partial charge on any atom is -0.494 e. The Morgan fingerprint density at radius 2 is 1.88 bits per heavy atom. The molecule has 0 spiro atoms. The fourth-order valence-electron chi connectivity index (χ4n) is 1.60. The molecule has 0 heterocycles. The second kappa shape index (κ2) is 7.29. The molecule has 16 heavy (non-hydrogen) atoms. The molecular formula is C14H23NO. The van der Waals surface area contributed by atoms with Gasteiger partial charge in [-0.25, -0.2) is 0 Å². The van der Waals surface area contributed by atoms with Gasteiger partial charge in [-0.1, -0.05) is 26.0 Å². The number of benzene rings is 1. The first-order valence-electron chi connectivity index (χ1n) is 6.14. The van der Waals surface area contributed by atoms with E-state index in [1.165, 1.54) is 12.0 Å². The molecule has 0 amide bonds. The zero-order chi connectivity index (χ0) is 11.8. The van der Waals surface area contributed by atoms with E-state index >= 15 is 0 Å². The summed E-state index contributed by atoms with van der Waals surface area (Å²) in [6.45, 7) is 5.99. The summed E-state index contributed by atoms with van der Waals surface area (Å²) in [5, 5.41) is 0. The SMILES string of the molecule is CC(C)CCCOc1ccc(CCN)cc1. The van der Waals surface area contributed by atoms with Gasteiger partial charge in [0.25, 0.3) is 0 Å². The maximum atomic E-state index is 5.66.